The monoisotopic (exact) mass is 299 g/mol. The van der Waals surface area contributed by atoms with E-state index in [-0.39, 0.29) is 6.42 Å². The molecule has 1 N–H and O–H groups in total. The van der Waals surface area contributed by atoms with E-state index in [4.69, 9.17) is 0 Å². The number of aromatic amines is 1. The van der Waals surface area contributed by atoms with Gasteiger partial charge in [-0.15, -0.1) is 11.3 Å². The summed E-state index contributed by atoms with van der Waals surface area (Å²) in [5.74, 6) is 0.605. The van der Waals surface area contributed by atoms with Gasteiger partial charge in [0.05, 0.1) is 21.6 Å². The Balaban J connectivity index is 1.86. The van der Waals surface area contributed by atoms with Gasteiger partial charge in [-0.05, 0) is 23.9 Å². The molecule has 106 valence electrons. The highest BCUT2D eigenvalue weighted by atomic mass is 32.1. The number of fused-ring (bicyclic) bond motifs is 1. The van der Waals surface area contributed by atoms with E-state index >= 15 is 0 Å². The molecule has 0 atom stereocenters. The van der Waals surface area contributed by atoms with Gasteiger partial charge in [-0.1, -0.05) is 0 Å². The van der Waals surface area contributed by atoms with E-state index in [2.05, 4.69) is 9.97 Å². The number of halogens is 3. The van der Waals surface area contributed by atoms with Gasteiger partial charge >= 0.3 is 6.18 Å². The van der Waals surface area contributed by atoms with E-state index in [0.29, 0.717) is 11.5 Å². The van der Waals surface area contributed by atoms with Crippen LogP contribution in [-0.4, -0.2) is 20.7 Å². The molecule has 3 aromatic heterocycles. The van der Waals surface area contributed by atoms with Crippen molar-refractivity contribution in [2.75, 3.05) is 0 Å². The van der Waals surface area contributed by atoms with Crippen molar-refractivity contribution >= 4 is 21.6 Å². The van der Waals surface area contributed by atoms with E-state index in [1.54, 1.807) is 17.5 Å². The summed E-state index contributed by atoms with van der Waals surface area (Å²) in [4.78, 5) is 7.20. The second kappa shape index (κ2) is 4.66. The Morgan fingerprint density at radius 3 is 2.90 bits per heavy atom. The molecule has 0 radical (unpaired) electrons. The van der Waals surface area contributed by atoms with E-state index in [1.807, 2.05) is 29.1 Å². The molecule has 3 heterocycles. The van der Waals surface area contributed by atoms with Crippen molar-refractivity contribution in [2.45, 2.75) is 19.0 Å². The second-order valence-corrected chi connectivity index (χ2v) is 5.56. The number of nitrogens with zero attached hydrogens (tertiary/aromatic N) is 2. The van der Waals surface area contributed by atoms with Crippen LogP contribution in [0.4, 0.5) is 13.2 Å². The van der Waals surface area contributed by atoms with Gasteiger partial charge in [-0.3, -0.25) is 0 Å². The normalized spacial score (nSPS) is 12.4. The number of H-pyrrole nitrogens is 1. The summed E-state index contributed by atoms with van der Waals surface area (Å²) in [6.45, 7) is 0. The molecule has 0 saturated carbocycles. The van der Waals surface area contributed by atoms with Crippen molar-refractivity contribution in [3.63, 3.8) is 0 Å². The van der Waals surface area contributed by atoms with E-state index in [0.717, 1.165) is 15.9 Å². The van der Waals surface area contributed by atoms with Gasteiger partial charge in [0.25, 0.3) is 0 Å². The summed E-state index contributed by atoms with van der Waals surface area (Å²) >= 11 is 1.63. The fourth-order valence-corrected chi connectivity index (χ4v) is 3.02. The first-order valence-electron chi connectivity index (χ1n) is 6.08. The zero-order valence-corrected chi connectivity index (χ0v) is 11.5. The zero-order chi connectivity index (χ0) is 14.3. The van der Waals surface area contributed by atoms with Crippen LogP contribution < -0.4 is 0 Å². The molecular formula is C13H12F3N3S. The summed E-state index contributed by atoms with van der Waals surface area (Å²) < 4.78 is 39.7. The first-order chi connectivity index (χ1) is 9.44. The third kappa shape index (κ3) is 2.45. The molecular weight excluding hydrogens is 287 g/mol. The average Bonchev–Trinajstić information content (AvgIpc) is 3.04. The van der Waals surface area contributed by atoms with E-state index in [9.17, 15) is 13.2 Å². The van der Waals surface area contributed by atoms with Crippen LogP contribution in [0.1, 0.15) is 12.1 Å². The van der Waals surface area contributed by atoms with Gasteiger partial charge in [0.1, 0.15) is 0 Å². The highest BCUT2D eigenvalue weighted by Gasteiger charge is 2.27. The van der Waals surface area contributed by atoms with Crippen LogP contribution in [0.15, 0.2) is 23.7 Å². The smallest absolute Gasteiger partial charge is 0.343 e. The summed E-state index contributed by atoms with van der Waals surface area (Å²) in [7, 11) is 1.92. The summed E-state index contributed by atoms with van der Waals surface area (Å²) in [6.07, 6.45) is -3.55. The first-order valence-corrected chi connectivity index (χ1v) is 6.96. The third-order valence-electron chi connectivity index (χ3n) is 3.20. The standard InChI is InChI=1S/C13H12F3N3S/c1-19-9-3-5-20-11(9)6-10(19)12-17-7-8(18-12)2-4-13(14,15)16/h3,5-7H,2,4H2,1H3,(H,17,18). The number of hydrogen-bond donors (Lipinski definition) is 1. The molecule has 3 nitrogen and oxygen atoms in total. The number of nitrogens with one attached hydrogen (secondary N) is 1. The Bertz CT molecular complexity index is 736. The SMILES string of the molecule is Cn1c(-c2nc(CCC(F)(F)F)c[nH]2)cc2sccc21. The van der Waals surface area contributed by atoms with Crippen LogP contribution >= 0.6 is 11.3 Å². The largest absolute Gasteiger partial charge is 0.389 e. The lowest BCUT2D eigenvalue weighted by atomic mass is 10.2. The quantitative estimate of drug-likeness (QED) is 0.775. The fraction of sp³-hybridized carbons (Fsp3) is 0.308. The molecule has 0 aromatic carbocycles. The zero-order valence-electron chi connectivity index (χ0n) is 10.7. The molecule has 0 amide bonds. The Kier molecular flexibility index (Phi) is 3.08. The van der Waals surface area contributed by atoms with Gasteiger partial charge < -0.3 is 9.55 Å². The molecule has 3 aromatic rings. The lowest BCUT2D eigenvalue weighted by Crippen LogP contribution is -2.08. The lowest BCUT2D eigenvalue weighted by Gasteiger charge is -2.03. The van der Waals surface area contributed by atoms with Gasteiger partial charge in [0.2, 0.25) is 0 Å². The minimum atomic E-state index is -4.15. The second-order valence-electron chi connectivity index (χ2n) is 4.61. The molecule has 0 unspecified atom stereocenters. The topological polar surface area (TPSA) is 33.6 Å². The van der Waals surface area contributed by atoms with E-state index in [1.165, 1.54) is 0 Å². The molecule has 0 fully saturated rings. The maximum atomic E-state index is 12.2. The van der Waals surface area contributed by atoms with Crippen LogP contribution in [0.25, 0.3) is 21.7 Å². The molecule has 3 rings (SSSR count). The minimum absolute atomic E-state index is 0.0984. The Morgan fingerprint density at radius 2 is 2.20 bits per heavy atom. The highest BCUT2D eigenvalue weighted by molar-refractivity contribution is 7.17. The Morgan fingerprint density at radius 1 is 1.40 bits per heavy atom. The van der Waals surface area contributed by atoms with Crippen LogP contribution in [-0.2, 0) is 13.5 Å². The maximum absolute atomic E-state index is 12.2. The number of rotatable bonds is 3. The fourth-order valence-electron chi connectivity index (χ4n) is 2.17. The van der Waals surface area contributed by atoms with Crippen molar-refractivity contribution in [1.29, 1.82) is 0 Å². The number of alkyl halides is 3. The average molecular weight is 299 g/mol. The Labute approximate surface area is 117 Å². The lowest BCUT2D eigenvalue weighted by molar-refractivity contribution is -0.134. The number of hydrogen-bond acceptors (Lipinski definition) is 2. The Hall–Kier alpha value is -1.76. The van der Waals surface area contributed by atoms with Gasteiger partial charge in [-0.2, -0.15) is 13.2 Å². The molecule has 20 heavy (non-hydrogen) atoms. The van der Waals surface area contributed by atoms with Gasteiger partial charge in [0.15, 0.2) is 5.82 Å². The number of imidazole rings is 1. The van der Waals surface area contributed by atoms with Crippen molar-refractivity contribution in [2.24, 2.45) is 7.05 Å². The van der Waals surface area contributed by atoms with Crippen molar-refractivity contribution in [1.82, 2.24) is 14.5 Å². The minimum Gasteiger partial charge on any atom is -0.343 e. The summed E-state index contributed by atoms with van der Waals surface area (Å²) in [6, 6.07) is 4.00. The number of thiophene rings is 1. The van der Waals surface area contributed by atoms with Gasteiger partial charge in [-0.25, -0.2) is 4.98 Å². The van der Waals surface area contributed by atoms with Crippen LogP contribution in [0.3, 0.4) is 0 Å². The number of aromatic nitrogens is 3. The predicted molar refractivity (Wildman–Crippen MR) is 72.8 cm³/mol. The molecule has 7 heteroatoms. The van der Waals surface area contributed by atoms with Crippen molar-refractivity contribution in [3.8, 4) is 11.5 Å². The van der Waals surface area contributed by atoms with Crippen molar-refractivity contribution in [3.05, 3.63) is 29.4 Å². The molecule has 0 aliphatic rings. The maximum Gasteiger partial charge on any atom is 0.389 e. The van der Waals surface area contributed by atoms with E-state index < -0.39 is 12.6 Å². The van der Waals surface area contributed by atoms with Crippen LogP contribution in [0.5, 0.6) is 0 Å². The molecule has 0 spiro atoms. The van der Waals surface area contributed by atoms with Crippen LogP contribution in [0.2, 0.25) is 0 Å². The molecule has 0 saturated heterocycles. The highest BCUT2D eigenvalue weighted by Crippen LogP contribution is 2.29. The molecule has 0 aliphatic heterocycles. The molecule has 0 aliphatic carbocycles. The van der Waals surface area contributed by atoms with Gasteiger partial charge in [0, 0.05) is 19.7 Å². The summed E-state index contributed by atoms with van der Waals surface area (Å²) in [5.41, 5.74) is 2.41. The summed E-state index contributed by atoms with van der Waals surface area (Å²) in [5, 5.41) is 2.01. The number of aryl methyl sites for hydroxylation is 2. The molecule has 0 bridgehead atoms. The van der Waals surface area contributed by atoms with Crippen LogP contribution in [0, 0.1) is 0 Å². The predicted octanol–water partition coefficient (Wildman–Crippen LogP) is 4.12. The third-order valence-corrected chi connectivity index (χ3v) is 4.06. The first kappa shape index (κ1) is 13.2. The van der Waals surface area contributed by atoms with Crippen molar-refractivity contribution < 1.29 is 13.2 Å².